The van der Waals surface area contributed by atoms with E-state index in [0.29, 0.717) is 11.1 Å². The Labute approximate surface area is 97.0 Å². The third kappa shape index (κ3) is 1.67. The average molecular weight is 237 g/mol. The molecule has 0 bridgehead atoms. The second kappa shape index (κ2) is 3.97. The number of rotatable bonds is 2. The number of phenolic OH excluding ortho intramolecular Hbond substituents is 1. The predicted molar refractivity (Wildman–Crippen MR) is 61.3 cm³/mol. The first-order valence-corrected chi connectivity index (χ1v) is 4.91. The number of hydrogen-bond acceptors (Lipinski definition) is 4. The summed E-state index contributed by atoms with van der Waals surface area (Å²) in [5, 5.41) is 15.9. The van der Waals surface area contributed by atoms with Gasteiger partial charge in [-0.15, -0.1) is 0 Å². The minimum Gasteiger partial charge on any atom is -0.502 e. The Morgan fingerprint density at radius 3 is 2.71 bits per heavy atom. The topological polar surface area (TPSA) is 84.2 Å². The highest BCUT2D eigenvalue weighted by molar-refractivity contribution is 5.76. The standard InChI is InChI=1S/C11H12FN3O2/c1-5-3-6(7-4-14-15-11(7)13)8(12)9(16)10(5)17-2/h3-4,16H,1-2H3,(H3,13,14,15). The molecule has 0 aliphatic carbocycles. The van der Waals surface area contributed by atoms with Crippen LogP contribution in [0.25, 0.3) is 11.1 Å². The van der Waals surface area contributed by atoms with E-state index in [1.54, 1.807) is 13.0 Å². The number of anilines is 1. The quantitative estimate of drug-likeness (QED) is 0.743. The molecule has 0 fully saturated rings. The third-order valence-corrected chi connectivity index (χ3v) is 2.54. The summed E-state index contributed by atoms with van der Waals surface area (Å²) in [5.74, 6) is -0.940. The number of phenols is 1. The Kier molecular flexibility index (Phi) is 2.63. The first-order valence-electron chi connectivity index (χ1n) is 4.91. The molecule has 0 unspecified atom stereocenters. The van der Waals surface area contributed by atoms with Crippen molar-refractivity contribution in [2.24, 2.45) is 0 Å². The molecule has 0 amide bonds. The fourth-order valence-corrected chi connectivity index (χ4v) is 1.72. The highest BCUT2D eigenvalue weighted by Crippen LogP contribution is 2.39. The molecule has 1 aromatic heterocycles. The lowest BCUT2D eigenvalue weighted by Crippen LogP contribution is -1.95. The molecular formula is C11H12FN3O2. The van der Waals surface area contributed by atoms with E-state index in [4.69, 9.17) is 10.5 Å². The van der Waals surface area contributed by atoms with E-state index < -0.39 is 11.6 Å². The summed E-state index contributed by atoms with van der Waals surface area (Å²) in [6, 6.07) is 1.55. The van der Waals surface area contributed by atoms with Crippen molar-refractivity contribution in [1.82, 2.24) is 10.2 Å². The van der Waals surface area contributed by atoms with Crippen LogP contribution < -0.4 is 10.5 Å². The number of benzene rings is 1. The fourth-order valence-electron chi connectivity index (χ4n) is 1.72. The number of ether oxygens (including phenoxy) is 1. The van der Waals surface area contributed by atoms with E-state index in [0.717, 1.165) is 0 Å². The van der Waals surface area contributed by atoms with Crippen LogP contribution in [0.4, 0.5) is 10.2 Å². The second-order valence-electron chi connectivity index (χ2n) is 3.63. The molecule has 0 aliphatic rings. The average Bonchev–Trinajstić information content (AvgIpc) is 2.71. The van der Waals surface area contributed by atoms with Crippen LogP contribution in [0.1, 0.15) is 5.56 Å². The molecule has 0 saturated carbocycles. The molecule has 2 rings (SSSR count). The van der Waals surface area contributed by atoms with E-state index in [9.17, 15) is 9.50 Å². The van der Waals surface area contributed by atoms with Crippen LogP contribution in [0.5, 0.6) is 11.5 Å². The fraction of sp³-hybridized carbons (Fsp3) is 0.182. The number of aromatic hydroxyl groups is 1. The molecule has 1 heterocycles. The molecule has 0 aliphatic heterocycles. The van der Waals surface area contributed by atoms with Gasteiger partial charge >= 0.3 is 0 Å². The number of nitrogens with two attached hydrogens (primary N) is 1. The Balaban J connectivity index is 2.69. The maximum absolute atomic E-state index is 13.9. The van der Waals surface area contributed by atoms with Crippen molar-refractivity contribution in [2.75, 3.05) is 12.8 Å². The summed E-state index contributed by atoms with van der Waals surface area (Å²) in [5.41, 5.74) is 6.82. The summed E-state index contributed by atoms with van der Waals surface area (Å²) in [7, 11) is 1.37. The monoisotopic (exact) mass is 237 g/mol. The zero-order valence-electron chi connectivity index (χ0n) is 9.41. The van der Waals surface area contributed by atoms with E-state index in [2.05, 4.69) is 10.2 Å². The highest BCUT2D eigenvalue weighted by Gasteiger charge is 2.19. The van der Waals surface area contributed by atoms with Crippen LogP contribution in [0.15, 0.2) is 12.3 Å². The van der Waals surface area contributed by atoms with Gasteiger partial charge in [0.05, 0.1) is 13.3 Å². The van der Waals surface area contributed by atoms with Gasteiger partial charge in [-0.05, 0) is 18.6 Å². The van der Waals surface area contributed by atoms with Crippen LogP contribution in [-0.2, 0) is 0 Å². The summed E-state index contributed by atoms with van der Waals surface area (Å²) in [4.78, 5) is 0. The van der Waals surface area contributed by atoms with Gasteiger partial charge in [0.25, 0.3) is 0 Å². The summed E-state index contributed by atoms with van der Waals surface area (Å²) in [6.07, 6.45) is 1.40. The largest absolute Gasteiger partial charge is 0.502 e. The first-order chi connectivity index (χ1) is 8.06. The van der Waals surface area contributed by atoms with Gasteiger partial charge < -0.3 is 15.6 Å². The smallest absolute Gasteiger partial charge is 0.195 e. The summed E-state index contributed by atoms with van der Waals surface area (Å²) < 4.78 is 18.9. The van der Waals surface area contributed by atoms with Gasteiger partial charge in [0.15, 0.2) is 17.3 Å². The number of halogens is 1. The van der Waals surface area contributed by atoms with E-state index in [1.165, 1.54) is 13.3 Å². The van der Waals surface area contributed by atoms with Crippen molar-refractivity contribution in [3.05, 3.63) is 23.6 Å². The van der Waals surface area contributed by atoms with Gasteiger partial charge in [0, 0.05) is 11.1 Å². The van der Waals surface area contributed by atoms with Crippen LogP contribution in [-0.4, -0.2) is 22.4 Å². The van der Waals surface area contributed by atoms with Gasteiger partial charge in [-0.1, -0.05) is 0 Å². The van der Waals surface area contributed by atoms with Gasteiger partial charge in [-0.3, -0.25) is 5.10 Å². The Bertz CT molecular complexity index is 566. The number of aromatic amines is 1. The molecule has 0 saturated heterocycles. The van der Waals surface area contributed by atoms with Crippen LogP contribution in [0.3, 0.4) is 0 Å². The Morgan fingerprint density at radius 1 is 1.47 bits per heavy atom. The lowest BCUT2D eigenvalue weighted by atomic mass is 10.0. The first kappa shape index (κ1) is 11.3. The molecule has 0 radical (unpaired) electrons. The number of nitrogens with one attached hydrogen (secondary N) is 1. The highest BCUT2D eigenvalue weighted by atomic mass is 19.1. The number of H-pyrrole nitrogens is 1. The van der Waals surface area contributed by atoms with Crippen molar-refractivity contribution in [3.8, 4) is 22.6 Å². The van der Waals surface area contributed by atoms with Gasteiger partial charge in [-0.25, -0.2) is 4.39 Å². The van der Waals surface area contributed by atoms with E-state index in [-0.39, 0.29) is 17.1 Å². The van der Waals surface area contributed by atoms with Crippen LogP contribution in [0.2, 0.25) is 0 Å². The zero-order chi connectivity index (χ0) is 12.6. The number of nitrogen functional groups attached to an aromatic ring is 1. The molecule has 0 atom stereocenters. The predicted octanol–water partition coefficient (Wildman–Crippen LogP) is 1.82. The third-order valence-electron chi connectivity index (χ3n) is 2.54. The van der Waals surface area contributed by atoms with Crippen molar-refractivity contribution >= 4 is 5.82 Å². The van der Waals surface area contributed by atoms with Crippen LogP contribution in [0, 0.1) is 12.7 Å². The van der Waals surface area contributed by atoms with E-state index in [1.807, 2.05) is 0 Å². The lowest BCUT2D eigenvalue weighted by molar-refractivity contribution is 0.355. The van der Waals surface area contributed by atoms with Gasteiger partial charge in [0.1, 0.15) is 5.82 Å². The molecule has 17 heavy (non-hydrogen) atoms. The normalized spacial score (nSPS) is 10.5. The lowest BCUT2D eigenvalue weighted by Gasteiger charge is -2.11. The maximum atomic E-state index is 13.9. The van der Waals surface area contributed by atoms with Crippen molar-refractivity contribution in [3.63, 3.8) is 0 Å². The number of hydrogen-bond donors (Lipinski definition) is 3. The van der Waals surface area contributed by atoms with Crippen molar-refractivity contribution in [1.29, 1.82) is 0 Å². The maximum Gasteiger partial charge on any atom is 0.195 e. The molecule has 2 aromatic rings. The molecule has 5 nitrogen and oxygen atoms in total. The Morgan fingerprint density at radius 2 is 2.18 bits per heavy atom. The molecular weight excluding hydrogens is 225 g/mol. The van der Waals surface area contributed by atoms with Gasteiger partial charge in [-0.2, -0.15) is 5.10 Å². The molecule has 0 spiro atoms. The molecule has 6 heteroatoms. The van der Waals surface area contributed by atoms with E-state index >= 15 is 0 Å². The molecule has 90 valence electrons. The summed E-state index contributed by atoms with van der Waals surface area (Å²) in [6.45, 7) is 1.71. The zero-order valence-corrected chi connectivity index (χ0v) is 9.41. The van der Waals surface area contributed by atoms with Crippen LogP contribution >= 0.6 is 0 Å². The minimum absolute atomic E-state index is 0.119. The number of aromatic nitrogens is 2. The second-order valence-corrected chi connectivity index (χ2v) is 3.63. The summed E-state index contributed by atoms with van der Waals surface area (Å²) >= 11 is 0. The Hall–Kier alpha value is -2.24. The molecule has 4 N–H and O–H groups in total. The number of methoxy groups -OCH3 is 1. The van der Waals surface area contributed by atoms with Crippen molar-refractivity contribution < 1.29 is 14.2 Å². The minimum atomic E-state index is -0.777. The van der Waals surface area contributed by atoms with Crippen molar-refractivity contribution in [2.45, 2.75) is 6.92 Å². The number of nitrogens with zero attached hydrogens (tertiary/aromatic N) is 1. The SMILES string of the molecule is COc1c(C)cc(-c2cn[nH]c2N)c(F)c1O. The number of aryl methyl sites for hydroxylation is 1. The molecule has 1 aromatic carbocycles. The van der Waals surface area contributed by atoms with Gasteiger partial charge in [0.2, 0.25) is 0 Å².